The van der Waals surface area contributed by atoms with Gasteiger partial charge >= 0.3 is 6.61 Å². The Labute approximate surface area is 158 Å². The zero-order chi connectivity index (χ0) is 19.8. The van der Waals surface area contributed by atoms with E-state index in [0.717, 1.165) is 5.56 Å². The van der Waals surface area contributed by atoms with Gasteiger partial charge in [0.25, 0.3) is 5.56 Å². The molecule has 1 amide bonds. The lowest BCUT2D eigenvalue weighted by Crippen LogP contribution is -2.22. The van der Waals surface area contributed by atoms with Gasteiger partial charge in [-0.25, -0.2) is 5.43 Å². The molecule has 2 rings (SSSR count). The van der Waals surface area contributed by atoms with Gasteiger partial charge in [0, 0.05) is 17.5 Å². The van der Waals surface area contributed by atoms with E-state index in [0.29, 0.717) is 24.2 Å². The minimum absolute atomic E-state index is 0.0596. The van der Waals surface area contributed by atoms with Crippen LogP contribution in [0.4, 0.5) is 8.78 Å². The van der Waals surface area contributed by atoms with Crippen molar-refractivity contribution in [1.29, 1.82) is 0 Å². The molecule has 3 N–H and O–H groups in total. The highest BCUT2D eigenvalue weighted by atomic mass is 32.1. The van der Waals surface area contributed by atoms with Crippen molar-refractivity contribution in [3.05, 3.63) is 56.7 Å². The summed E-state index contributed by atoms with van der Waals surface area (Å²) in [5.41, 5.74) is 4.04. The third-order valence-corrected chi connectivity index (χ3v) is 3.67. The topological polar surface area (TPSA) is 99.3 Å². The molecule has 0 bridgehead atoms. The lowest BCUT2D eigenvalue weighted by atomic mass is 10.1. The fourth-order valence-corrected chi connectivity index (χ4v) is 2.44. The minimum Gasteiger partial charge on any atom is -0.435 e. The number of hydrogen-bond donors (Lipinski definition) is 3. The molecule has 0 aliphatic heterocycles. The van der Waals surface area contributed by atoms with Gasteiger partial charge in [-0.1, -0.05) is 12.1 Å². The standard InChI is InChI=1S/C17H18F2N4O3S/c1-10(2-3-11-4-6-13(7-5-11)26-16(18)19)22-23-15(25)9-12-8-14(24)21-17(27)20-12/h4-8,16H,2-3,9H2,1H3,(H,23,25)(H2,20,21,24,27)/b22-10-. The summed E-state index contributed by atoms with van der Waals surface area (Å²) in [7, 11) is 0. The zero-order valence-corrected chi connectivity index (χ0v) is 15.2. The fraction of sp³-hybridized carbons (Fsp3) is 0.294. The smallest absolute Gasteiger partial charge is 0.387 e. The maximum Gasteiger partial charge on any atom is 0.387 e. The first kappa shape index (κ1) is 20.4. The van der Waals surface area contributed by atoms with Gasteiger partial charge in [0.2, 0.25) is 5.91 Å². The maximum atomic E-state index is 12.1. The second-order valence-corrected chi connectivity index (χ2v) is 6.10. The van der Waals surface area contributed by atoms with Crippen LogP contribution in [0.1, 0.15) is 24.6 Å². The number of ether oxygens (including phenoxy) is 1. The zero-order valence-electron chi connectivity index (χ0n) is 14.4. The van der Waals surface area contributed by atoms with Crippen molar-refractivity contribution in [2.75, 3.05) is 0 Å². The third-order valence-electron chi connectivity index (χ3n) is 3.46. The molecule has 1 aromatic heterocycles. The number of H-pyrrole nitrogens is 2. The molecular formula is C17H18F2N4O3S. The summed E-state index contributed by atoms with van der Waals surface area (Å²) >= 11 is 4.84. The number of rotatable bonds is 8. The van der Waals surface area contributed by atoms with Gasteiger partial charge in [0.15, 0.2) is 4.77 Å². The number of aromatic amines is 2. The Morgan fingerprint density at radius 2 is 2.00 bits per heavy atom. The van der Waals surface area contributed by atoms with Gasteiger partial charge < -0.3 is 9.72 Å². The normalized spacial score (nSPS) is 11.5. The Hall–Kier alpha value is -2.88. The predicted molar refractivity (Wildman–Crippen MR) is 98.6 cm³/mol. The Balaban J connectivity index is 1.82. The van der Waals surface area contributed by atoms with E-state index in [1.165, 1.54) is 18.2 Å². The molecule has 0 fully saturated rings. The van der Waals surface area contributed by atoms with E-state index in [1.807, 2.05) is 0 Å². The molecule has 0 aliphatic carbocycles. The lowest BCUT2D eigenvalue weighted by Gasteiger charge is -2.06. The monoisotopic (exact) mass is 396 g/mol. The van der Waals surface area contributed by atoms with Crippen LogP contribution in [0.2, 0.25) is 0 Å². The predicted octanol–water partition coefficient (Wildman–Crippen LogP) is 2.70. The molecule has 144 valence electrons. The van der Waals surface area contributed by atoms with Gasteiger partial charge in [0.1, 0.15) is 5.75 Å². The van der Waals surface area contributed by atoms with Crippen molar-refractivity contribution >= 4 is 23.8 Å². The highest BCUT2D eigenvalue weighted by molar-refractivity contribution is 7.71. The summed E-state index contributed by atoms with van der Waals surface area (Å²) in [5.74, 6) is -0.288. The van der Waals surface area contributed by atoms with Crippen molar-refractivity contribution in [1.82, 2.24) is 15.4 Å². The summed E-state index contributed by atoms with van der Waals surface area (Å²) in [6.45, 7) is -1.09. The van der Waals surface area contributed by atoms with Gasteiger partial charge in [-0.05, 0) is 49.7 Å². The van der Waals surface area contributed by atoms with E-state index in [4.69, 9.17) is 12.2 Å². The number of halogens is 2. The Morgan fingerprint density at radius 3 is 2.63 bits per heavy atom. The number of nitrogens with one attached hydrogen (secondary N) is 3. The highest BCUT2D eigenvalue weighted by Gasteiger charge is 2.06. The van der Waals surface area contributed by atoms with Crippen molar-refractivity contribution in [2.24, 2.45) is 5.10 Å². The first-order valence-corrected chi connectivity index (χ1v) is 8.41. The van der Waals surface area contributed by atoms with Crippen molar-refractivity contribution in [2.45, 2.75) is 32.8 Å². The van der Waals surface area contributed by atoms with E-state index in [2.05, 4.69) is 25.2 Å². The van der Waals surface area contributed by atoms with Crippen LogP contribution in [0, 0.1) is 4.77 Å². The molecule has 0 saturated heterocycles. The molecule has 1 heterocycles. The summed E-state index contributed by atoms with van der Waals surface area (Å²) in [5, 5.41) is 4.00. The quantitative estimate of drug-likeness (QED) is 0.363. The van der Waals surface area contributed by atoms with Crippen molar-refractivity contribution in [3.8, 4) is 5.75 Å². The number of aryl methyl sites for hydroxylation is 1. The number of benzene rings is 1. The number of carbonyl (C=O) groups excluding carboxylic acids is 1. The number of hydrogen-bond acceptors (Lipinski definition) is 5. The number of amides is 1. The second kappa shape index (κ2) is 9.72. The largest absolute Gasteiger partial charge is 0.435 e. The van der Waals surface area contributed by atoms with E-state index < -0.39 is 6.61 Å². The van der Waals surface area contributed by atoms with Crippen LogP contribution >= 0.6 is 12.2 Å². The number of hydrazone groups is 1. The van der Waals surface area contributed by atoms with Gasteiger partial charge in [-0.15, -0.1) is 0 Å². The Bertz CT molecular complexity index is 895. The summed E-state index contributed by atoms with van der Waals surface area (Å²) in [6.07, 6.45) is 1.14. The molecule has 7 nitrogen and oxygen atoms in total. The number of alkyl halides is 2. The van der Waals surface area contributed by atoms with Crippen LogP contribution in [-0.4, -0.2) is 28.2 Å². The van der Waals surface area contributed by atoms with E-state index in [-0.39, 0.29) is 28.4 Å². The van der Waals surface area contributed by atoms with Crippen LogP contribution < -0.4 is 15.7 Å². The van der Waals surface area contributed by atoms with Crippen LogP contribution in [0.3, 0.4) is 0 Å². The molecule has 1 aromatic carbocycles. The molecule has 0 atom stereocenters. The van der Waals surface area contributed by atoms with Crippen LogP contribution in [0.25, 0.3) is 0 Å². The molecule has 0 unspecified atom stereocenters. The average molecular weight is 396 g/mol. The van der Waals surface area contributed by atoms with Crippen LogP contribution in [0.5, 0.6) is 5.75 Å². The minimum atomic E-state index is -2.85. The van der Waals surface area contributed by atoms with Crippen molar-refractivity contribution < 1.29 is 18.3 Å². The third kappa shape index (κ3) is 7.48. The molecule has 0 radical (unpaired) electrons. The Morgan fingerprint density at radius 1 is 1.30 bits per heavy atom. The first-order valence-electron chi connectivity index (χ1n) is 8.00. The molecule has 0 aliphatic rings. The molecule has 0 spiro atoms. The summed E-state index contributed by atoms with van der Waals surface area (Å²) < 4.78 is 28.6. The highest BCUT2D eigenvalue weighted by Crippen LogP contribution is 2.15. The summed E-state index contributed by atoms with van der Waals surface area (Å²) in [6, 6.07) is 7.59. The van der Waals surface area contributed by atoms with Crippen LogP contribution in [-0.2, 0) is 17.6 Å². The van der Waals surface area contributed by atoms with Gasteiger partial charge in [-0.2, -0.15) is 13.9 Å². The molecule has 2 aromatic rings. The van der Waals surface area contributed by atoms with Gasteiger partial charge in [0.05, 0.1) is 6.42 Å². The Kier molecular flexibility index (Phi) is 7.35. The van der Waals surface area contributed by atoms with E-state index in [1.54, 1.807) is 19.1 Å². The van der Waals surface area contributed by atoms with Gasteiger partial charge in [-0.3, -0.25) is 14.6 Å². The number of nitrogens with zero attached hydrogens (tertiary/aromatic N) is 1. The average Bonchev–Trinajstić information content (AvgIpc) is 2.58. The molecule has 27 heavy (non-hydrogen) atoms. The molecule has 10 heteroatoms. The van der Waals surface area contributed by atoms with E-state index >= 15 is 0 Å². The van der Waals surface area contributed by atoms with Crippen LogP contribution in [0.15, 0.2) is 40.2 Å². The fourth-order valence-electron chi connectivity index (χ4n) is 2.20. The SMILES string of the molecule is C/C(CCc1ccc(OC(F)F)cc1)=N/NC(=O)Cc1cc(=O)[nH]c(=S)[nH]1. The van der Waals surface area contributed by atoms with Crippen molar-refractivity contribution in [3.63, 3.8) is 0 Å². The number of carbonyl (C=O) groups is 1. The summed E-state index contributed by atoms with van der Waals surface area (Å²) in [4.78, 5) is 28.3. The number of aromatic nitrogens is 2. The molecular weight excluding hydrogens is 378 g/mol. The second-order valence-electron chi connectivity index (χ2n) is 5.69. The maximum absolute atomic E-state index is 12.1. The first-order chi connectivity index (χ1) is 12.8. The molecule has 0 saturated carbocycles. The lowest BCUT2D eigenvalue weighted by molar-refractivity contribution is -0.120. The van der Waals surface area contributed by atoms with E-state index in [9.17, 15) is 18.4 Å².